The van der Waals surface area contributed by atoms with Gasteiger partial charge in [0, 0.05) is 11.7 Å². The molecule has 0 radical (unpaired) electrons. The summed E-state index contributed by atoms with van der Waals surface area (Å²) < 4.78 is 0. The summed E-state index contributed by atoms with van der Waals surface area (Å²) in [5.74, 6) is -0.906. The molecule has 2 amide bonds. The molecule has 0 fully saturated rings. The van der Waals surface area contributed by atoms with Crippen LogP contribution in [0.25, 0.3) is 0 Å². The third-order valence-corrected chi connectivity index (χ3v) is 2.99. The molecular weight excluding hydrogens is 256 g/mol. The molecule has 0 aliphatic carbocycles. The Kier molecular flexibility index (Phi) is 6.56. The molecule has 1 atom stereocenters. The molecule has 110 valence electrons. The predicted octanol–water partition coefficient (Wildman–Crippen LogP) is 3.01. The van der Waals surface area contributed by atoms with Gasteiger partial charge < -0.3 is 15.7 Å². The number of hydrogen-bond acceptors (Lipinski definition) is 2. The lowest BCUT2D eigenvalue weighted by Gasteiger charge is -2.16. The Bertz CT molecular complexity index is 460. The molecule has 0 aromatic heterocycles. The highest BCUT2D eigenvalue weighted by Gasteiger charge is 2.15. The first kappa shape index (κ1) is 16.0. The Morgan fingerprint density at radius 3 is 2.65 bits per heavy atom. The molecular formula is C15H22N2O3. The molecule has 5 nitrogen and oxygen atoms in total. The second kappa shape index (κ2) is 8.19. The fraction of sp³-hybridized carbons (Fsp3) is 0.467. The van der Waals surface area contributed by atoms with Crippen molar-refractivity contribution in [2.75, 3.05) is 5.32 Å². The molecule has 0 aliphatic heterocycles. The van der Waals surface area contributed by atoms with Crippen molar-refractivity contribution in [3.8, 4) is 0 Å². The molecule has 0 saturated carbocycles. The first-order valence-electron chi connectivity index (χ1n) is 6.93. The Labute approximate surface area is 119 Å². The summed E-state index contributed by atoms with van der Waals surface area (Å²) in [7, 11) is 0. The molecule has 0 aliphatic rings. The van der Waals surface area contributed by atoms with Gasteiger partial charge in [-0.3, -0.25) is 4.79 Å². The number of hydrogen-bond donors (Lipinski definition) is 3. The number of carbonyl (C=O) groups excluding carboxylic acids is 1. The highest BCUT2D eigenvalue weighted by molar-refractivity contribution is 5.89. The van der Waals surface area contributed by atoms with E-state index in [1.807, 2.05) is 38.1 Å². The maximum absolute atomic E-state index is 11.9. The SMILES string of the molecule is CCCC(CC(=O)O)NC(=O)Nc1cccc(CC)c1. The minimum atomic E-state index is -0.906. The molecule has 0 heterocycles. The van der Waals surface area contributed by atoms with Crippen molar-refractivity contribution < 1.29 is 14.7 Å². The topological polar surface area (TPSA) is 78.4 Å². The van der Waals surface area contributed by atoms with E-state index in [1.54, 1.807) is 0 Å². The minimum Gasteiger partial charge on any atom is -0.481 e. The number of urea groups is 1. The first-order valence-corrected chi connectivity index (χ1v) is 6.93. The monoisotopic (exact) mass is 278 g/mol. The van der Waals surface area contributed by atoms with E-state index in [0.717, 1.165) is 18.4 Å². The molecule has 1 unspecified atom stereocenters. The van der Waals surface area contributed by atoms with E-state index in [1.165, 1.54) is 0 Å². The van der Waals surface area contributed by atoms with Crippen molar-refractivity contribution in [3.05, 3.63) is 29.8 Å². The van der Waals surface area contributed by atoms with Crippen LogP contribution in [0.3, 0.4) is 0 Å². The van der Waals surface area contributed by atoms with Gasteiger partial charge in [0.1, 0.15) is 0 Å². The number of rotatable bonds is 7. The Morgan fingerprint density at radius 1 is 1.30 bits per heavy atom. The summed E-state index contributed by atoms with van der Waals surface area (Å²) in [4.78, 5) is 22.6. The van der Waals surface area contributed by atoms with Crippen LogP contribution in [0.15, 0.2) is 24.3 Å². The molecule has 1 aromatic carbocycles. The Balaban J connectivity index is 2.57. The zero-order valence-corrected chi connectivity index (χ0v) is 12.0. The number of aliphatic carboxylic acids is 1. The molecule has 5 heteroatoms. The number of carboxylic acids is 1. The lowest BCUT2D eigenvalue weighted by Crippen LogP contribution is -2.39. The van der Waals surface area contributed by atoms with E-state index < -0.39 is 5.97 Å². The number of nitrogens with one attached hydrogen (secondary N) is 2. The smallest absolute Gasteiger partial charge is 0.319 e. The van der Waals surface area contributed by atoms with Crippen molar-refractivity contribution >= 4 is 17.7 Å². The second-order valence-electron chi connectivity index (χ2n) is 4.74. The summed E-state index contributed by atoms with van der Waals surface area (Å²) in [6, 6.07) is 6.89. The van der Waals surface area contributed by atoms with Crippen LogP contribution in [0.5, 0.6) is 0 Å². The average molecular weight is 278 g/mol. The van der Waals surface area contributed by atoms with Crippen LogP contribution in [0, 0.1) is 0 Å². The second-order valence-corrected chi connectivity index (χ2v) is 4.74. The normalized spacial score (nSPS) is 11.7. The molecule has 20 heavy (non-hydrogen) atoms. The largest absolute Gasteiger partial charge is 0.481 e. The molecule has 0 saturated heterocycles. The van der Waals surface area contributed by atoms with Gasteiger partial charge in [0.05, 0.1) is 6.42 Å². The number of aryl methyl sites for hydroxylation is 1. The van der Waals surface area contributed by atoms with Crippen molar-refractivity contribution in [1.29, 1.82) is 0 Å². The van der Waals surface area contributed by atoms with Crippen LogP contribution in [-0.2, 0) is 11.2 Å². The van der Waals surface area contributed by atoms with Crippen molar-refractivity contribution in [2.45, 2.75) is 45.6 Å². The zero-order valence-electron chi connectivity index (χ0n) is 12.0. The van der Waals surface area contributed by atoms with Gasteiger partial charge in [0.2, 0.25) is 0 Å². The summed E-state index contributed by atoms with van der Waals surface area (Å²) >= 11 is 0. The first-order chi connectivity index (χ1) is 9.55. The van der Waals surface area contributed by atoms with Gasteiger partial charge in [-0.05, 0) is 30.5 Å². The fourth-order valence-corrected chi connectivity index (χ4v) is 2.01. The number of amides is 2. The lowest BCUT2D eigenvalue weighted by atomic mass is 10.1. The predicted molar refractivity (Wildman–Crippen MR) is 78.9 cm³/mol. The average Bonchev–Trinajstić information content (AvgIpc) is 2.38. The fourth-order valence-electron chi connectivity index (χ4n) is 2.01. The highest BCUT2D eigenvalue weighted by atomic mass is 16.4. The number of carbonyl (C=O) groups is 2. The Morgan fingerprint density at radius 2 is 2.05 bits per heavy atom. The van der Waals surface area contributed by atoms with E-state index in [9.17, 15) is 9.59 Å². The molecule has 0 bridgehead atoms. The van der Waals surface area contributed by atoms with E-state index in [-0.39, 0.29) is 18.5 Å². The third-order valence-electron chi connectivity index (χ3n) is 2.99. The van der Waals surface area contributed by atoms with Gasteiger partial charge in [-0.15, -0.1) is 0 Å². The van der Waals surface area contributed by atoms with Gasteiger partial charge in [-0.25, -0.2) is 4.79 Å². The van der Waals surface area contributed by atoms with Crippen LogP contribution < -0.4 is 10.6 Å². The molecule has 0 spiro atoms. The van der Waals surface area contributed by atoms with Crippen molar-refractivity contribution in [1.82, 2.24) is 5.32 Å². The van der Waals surface area contributed by atoms with Gasteiger partial charge in [0.25, 0.3) is 0 Å². The van der Waals surface area contributed by atoms with Crippen molar-refractivity contribution in [2.24, 2.45) is 0 Å². The van der Waals surface area contributed by atoms with Crippen LogP contribution in [0.2, 0.25) is 0 Å². The zero-order chi connectivity index (χ0) is 15.0. The van der Waals surface area contributed by atoms with Crippen LogP contribution in [0.1, 0.15) is 38.7 Å². The Hall–Kier alpha value is -2.04. The van der Waals surface area contributed by atoms with E-state index in [4.69, 9.17) is 5.11 Å². The maximum Gasteiger partial charge on any atom is 0.319 e. The summed E-state index contributed by atoms with van der Waals surface area (Å²) in [6.45, 7) is 4.00. The van der Waals surface area contributed by atoms with Crippen LogP contribution in [0.4, 0.5) is 10.5 Å². The lowest BCUT2D eigenvalue weighted by molar-refractivity contribution is -0.137. The van der Waals surface area contributed by atoms with Gasteiger partial charge >= 0.3 is 12.0 Å². The van der Waals surface area contributed by atoms with Gasteiger partial charge in [-0.1, -0.05) is 32.4 Å². The quantitative estimate of drug-likeness (QED) is 0.717. The molecule has 3 N–H and O–H groups in total. The number of anilines is 1. The highest BCUT2D eigenvalue weighted by Crippen LogP contribution is 2.11. The third kappa shape index (κ3) is 5.73. The number of carboxylic acid groups (broad SMARTS) is 1. The molecule has 1 aromatic rings. The van der Waals surface area contributed by atoms with Crippen LogP contribution >= 0.6 is 0 Å². The molecule has 1 rings (SSSR count). The minimum absolute atomic E-state index is 0.0593. The van der Waals surface area contributed by atoms with E-state index in [0.29, 0.717) is 12.1 Å². The number of benzene rings is 1. The summed E-state index contributed by atoms with van der Waals surface area (Å²) in [5.41, 5.74) is 1.85. The standard InChI is InChI=1S/C15H22N2O3/c1-3-6-12(10-14(18)19)16-15(20)17-13-8-5-7-11(4-2)9-13/h5,7-9,12H,3-4,6,10H2,1-2H3,(H,18,19)(H2,16,17,20). The maximum atomic E-state index is 11.9. The van der Waals surface area contributed by atoms with Gasteiger partial charge in [0.15, 0.2) is 0 Å². The summed E-state index contributed by atoms with van der Waals surface area (Å²) in [6.07, 6.45) is 2.31. The van der Waals surface area contributed by atoms with E-state index in [2.05, 4.69) is 10.6 Å². The van der Waals surface area contributed by atoms with E-state index >= 15 is 0 Å². The van der Waals surface area contributed by atoms with Gasteiger partial charge in [-0.2, -0.15) is 0 Å². The summed E-state index contributed by atoms with van der Waals surface area (Å²) in [5, 5.41) is 14.2. The van der Waals surface area contributed by atoms with Crippen molar-refractivity contribution in [3.63, 3.8) is 0 Å². The van der Waals surface area contributed by atoms with Crippen LogP contribution in [-0.4, -0.2) is 23.1 Å².